The van der Waals surface area contributed by atoms with Gasteiger partial charge in [-0.15, -0.1) is 0 Å². The fourth-order valence-corrected chi connectivity index (χ4v) is 5.08. The third-order valence-corrected chi connectivity index (χ3v) is 6.90. The minimum atomic E-state index is -0.0856. The van der Waals surface area contributed by atoms with Crippen molar-refractivity contribution in [3.63, 3.8) is 0 Å². The van der Waals surface area contributed by atoms with Crippen molar-refractivity contribution in [3.8, 4) is 0 Å². The molecule has 1 aliphatic rings. The molecule has 35 heavy (non-hydrogen) atoms. The molecule has 0 unspecified atom stereocenters. The Labute approximate surface area is 210 Å². The van der Waals surface area contributed by atoms with Gasteiger partial charge in [0.25, 0.3) is 5.56 Å². The van der Waals surface area contributed by atoms with Crippen molar-refractivity contribution in [1.29, 1.82) is 0 Å². The van der Waals surface area contributed by atoms with Crippen molar-refractivity contribution in [3.05, 3.63) is 70.5 Å². The lowest BCUT2D eigenvalue weighted by atomic mass is 10.0. The smallest absolute Gasteiger partial charge is 0.262 e. The summed E-state index contributed by atoms with van der Waals surface area (Å²) >= 11 is 1.32. The van der Waals surface area contributed by atoms with Gasteiger partial charge < -0.3 is 14.1 Å². The molecule has 8 heteroatoms. The molecule has 0 radical (unpaired) electrons. The predicted octanol–water partition coefficient (Wildman–Crippen LogP) is 5.38. The molecule has 1 aliphatic carbocycles. The van der Waals surface area contributed by atoms with Crippen LogP contribution in [0.15, 0.2) is 68.8 Å². The first kappa shape index (κ1) is 25.3. The van der Waals surface area contributed by atoms with Crippen LogP contribution in [0.1, 0.15) is 51.7 Å². The highest BCUT2D eigenvalue weighted by molar-refractivity contribution is 7.99. The van der Waals surface area contributed by atoms with E-state index in [1.807, 2.05) is 49.1 Å². The maximum atomic E-state index is 13.4. The van der Waals surface area contributed by atoms with Gasteiger partial charge >= 0.3 is 0 Å². The van der Waals surface area contributed by atoms with Gasteiger partial charge in [0.05, 0.1) is 35.6 Å². The Bertz CT molecular complexity index is 1220. The molecule has 7 nitrogen and oxygen atoms in total. The van der Waals surface area contributed by atoms with Crippen molar-refractivity contribution in [1.82, 2.24) is 14.5 Å². The molecule has 2 aromatic heterocycles. The second-order valence-electron chi connectivity index (χ2n) is 8.93. The Morgan fingerprint density at radius 1 is 1.23 bits per heavy atom. The number of hydrogen-bond donors (Lipinski definition) is 0. The molecule has 0 aliphatic heterocycles. The molecule has 3 aromatic rings. The summed E-state index contributed by atoms with van der Waals surface area (Å²) in [7, 11) is 0. The highest BCUT2D eigenvalue weighted by Crippen LogP contribution is 2.25. The van der Waals surface area contributed by atoms with Crippen LogP contribution in [-0.2, 0) is 22.6 Å². The van der Waals surface area contributed by atoms with E-state index in [4.69, 9.17) is 14.1 Å². The van der Waals surface area contributed by atoms with Crippen LogP contribution in [0.25, 0.3) is 10.9 Å². The summed E-state index contributed by atoms with van der Waals surface area (Å²) in [5.41, 5.74) is 1.61. The molecule has 186 valence electrons. The first-order chi connectivity index (χ1) is 17.0. The highest BCUT2D eigenvalue weighted by atomic mass is 32.2. The second-order valence-corrected chi connectivity index (χ2v) is 9.87. The third kappa shape index (κ3) is 6.64. The zero-order chi connectivity index (χ0) is 24.6. The molecule has 0 atom stereocenters. The van der Waals surface area contributed by atoms with Crippen LogP contribution in [0, 0.1) is 0 Å². The second kappa shape index (κ2) is 12.2. The molecule has 0 fully saturated rings. The lowest BCUT2D eigenvalue weighted by Crippen LogP contribution is -2.32. The summed E-state index contributed by atoms with van der Waals surface area (Å²) in [4.78, 5) is 33.3. The number of carbonyl (C=O) groups is 1. The molecule has 0 spiro atoms. The number of benzene rings is 1. The normalized spacial score (nSPS) is 13.9. The van der Waals surface area contributed by atoms with Gasteiger partial charge in [0.2, 0.25) is 5.91 Å². The number of para-hydroxylation sites is 1. The number of carbonyl (C=O) groups excluding carboxylic acids is 1. The van der Waals surface area contributed by atoms with Crippen molar-refractivity contribution in [2.75, 3.05) is 12.4 Å². The summed E-state index contributed by atoms with van der Waals surface area (Å²) in [6.07, 6.45) is 8.70. The Hall–Kier alpha value is -2.84. The first-order valence-corrected chi connectivity index (χ1v) is 13.3. The number of nitrogens with zero attached hydrogens (tertiary/aromatic N) is 3. The average Bonchev–Trinajstić information content (AvgIpc) is 3.39. The molecule has 2 heterocycles. The maximum absolute atomic E-state index is 13.4. The van der Waals surface area contributed by atoms with Crippen LogP contribution in [0.4, 0.5) is 0 Å². The van der Waals surface area contributed by atoms with Gasteiger partial charge in [-0.3, -0.25) is 14.2 Å². The summed E-state index contributed by atoms with van der Waals surface area (Å²) in [6, 6.07) is 11.1. The number of ether oxygens (including phenoxy) is 1. The minimum absolute atomic E-state index is 0.0170. The molecule has 1 aromatic carbocycles. The van der Waals surface area contributed by atoms with Crippen molar-refractivity contribution >= 4 is 28.6 Å². The van der Waals surface area contributed by atoms with Crippen LogP contribution in [0.3, 0.4) is 0 Å². The fraction of sp³-hybridized carbons (Fsp3) is 0.444. The number of furan rings is 1. The molecular weight excluding hydrogens is 462 g/mol. The fourth-order valence-electron chi connectivity index (χ4n) is 4.18. The Balaban J connectivity index is 1.54. The van der Waals surface area contributed by atoms with Crippen LogP contribution >= 0.6 is 11.8 Å². The van der Waals surface area contributed by atoms with Crippen molar-refractivity contribution in [2.45, 2.75) is 70.3 Å². The highest BCUT2D eigenvalue weighted by Gasteiger charge is 2.22. The number of fused-ring (bicyclic) bond motifs is 1. The van der Waals surface area contributed by atoms with Crippen LogP contribution in [-0.4, -0.2) is 38.8 Å². The third-order valence-electron chi connectivity index (χ3n) is 5.94. The van der Waals surface area contributed by atoms with Crippen molar-refractivity contribution in [2.24, 2.45) is 0 Å². The summed E-state index contributed by atoms with van der Waals surface area (Å²) < 4.78 is 12.9. The number of aromatic nitrogens is 2. The van der Waals surface area contributed by atoms with E-state index in [2.05, 4.69) is 6.08 Å². The van der Waals surface area contributed by atoms with E-state index in [0.29, 0.717) is 42.2 Å². The van der Waals surface area contributed by atoms with E-state index in [9.17, 15) is 9.59 Å². The maximum Gasteiger partial charge on any atom is 0.262 e. The summed E-state index contributed by atoms with van der Waals surface area (Å²) in [5.74, 6) is 0.920. The Morgan fingerprint density at radius 3 is 2.83 bits per heavy atom. The largest absolute Gasteiger partial charge is 0.467 e. The summed E-state index contributed by atoms with van der Waals surface area (Å²) in [6.45, 7) is 5.44. The Kier molecular flexibility index (Phi) is 8.82. The number of allylic oxidation sites excluding steroid dienone is 2. The number of rotatable bonds is 11. The number of thioether (sulfide) groups is 1. The topological polar surface area (TPSA) is 77.6 Å². The standard InChI is InChI=1S/C27H33N3O4S/c1-20(2)33-17-9-15-29-26(32)23-13-6-7-14-24(23)28-27(29)35-19-25(31)30(18-22-12-8-16-34-22)21-10-4-3-5-11-21/h6-8,10,12-14,16,20H,3-5,9,11,15,17-19H2,1-2H3. The van der Waals surface area contributed by atoms with E-state index in [0.717, 1.165) is 37.1 Å². The molecule has 0 saturated heterocycles. The van der Waals surface area contributed by atoms with Gasteiger partial charge in [0.15, 0.2) is 5.16 Å². The van der Waals surface area contributed by atoms with Gasteiger partial charge in [-0.05, 0) is 70.2 Å². The molecule has 1 amide bonds. The van der Waals surface area contributed by atoms with E-state index < -0.39 is 0 Å². The average molecular weight is 496 g/mol. The van der Waals surface area contributed by atoms with E-state index in [-0.39, 0.29) is 23.3 Å². The van der Waals surface area contributed by atoms with Gasteiger partial charge in [0.1, 0.15) is 5.76 Å². The van der Waals surface area contributed by atoms with Crippen LogP contribution in [0.5, 0.6) is 0 Å². The quantitative estimate of drug-likeness (QED) is 0.202. The molecule has 0 N–H and O–H groups in total. The van der Waals surface area contributed by atoms with Gasteiger partial charge in [-0.25, -0.2) is 4.98 Å². The van der Waals surface area contributed by atoms with Gasteiger partial charge in [-0.1, -0.05) is 30.0 Å². The van der Waals surface area contributed by atoms with E-state index in [1.54, 1.807) is 16.9 Å². The first-order valence-electron chi connectivity index (χ1n) is 12.3. The monoisotopic (exact) mass is 495 g/mol. The Morgan fingerprint density at radius 2 is 2.09 bits per heavy atom. The molecule has 0 bridgehead atoms. The van der Waals surface area contributed by atoms with E-state index in [1.165, 1.54) is 11.8 Å². The molecule has 0 saturated carbocycles. The molecular formula is C27H33N3O4S. The van der Waals surface area contributed by atoms with Gasteiger partial charge in [-0.2, -0.15) is 0 Å². The zero-order valence-corrected chi connectivity index (χ0v) is 21.3. The number of amides is 1. The number of hydrogen-bond acceptors (Lipinski definition) is 6. The van der Waals surface area contributed by atoms with Crippen molar-refractivity contribution < 1.29 is 13.9 Å². The predicted molar refractivity (Wildman–Crippen MR) is 138 cm³/mol. The molecule has 4 rings (SSSR count). The zero-order valence-electron chi connectivity index (χ0n) is 20.4. The van der Waals surface area contributed by atoms with E-state index >= 15 is 0 Å². The lowest BCUT2D eigenvalue weighted by Gasteiger charge is -2.27. The summed E-state index contributed by atoms with van der Waals surface area (Å²) in [5, 5.41) is 1.14. The lowest BCUT2D eigenvalue weighted by molar-refractivity contribution is -0.127. The van der Waals surface area contributed by atoms with Crippen LogP contribution in [0.2, 0.25) is 0 Å². The van der Waals surface area contributed by atoms with Gasteiger partial charge in [0, 0.05) is 18.8 Å². The SMILES string of the molecule is CC(C)OCCCn1c(SCC(=O)N(Cc2ccco2)C2=CCCCC2)nc2ccccc2c1=O. The van der Waals surface area contributed by atoms with Crippen LogP contribution < -0.4 is 5.56 Å². The minimum Gasteiger partial charge on any atom is -0.467 e.